The molecule has 0 aromatic heterocycles. The molecular weight excluding hydrogens is 331 g/mol. The third kappa shape index (κ3) is 7.81. The van der Waals surface area contributed by atoms with Crippen LogP contribution in [0.2, 0.25) is 0 Å². The highest BCUT2D eigenvalue weighted by Crippen LogP contribution is 2.20. The SMILES string of the molecule is C(#Cc1ccccc1)C=[N+]1CCCCC1.O=S(=O)([O-])C(F)(F)F. The first-order valence-electron chi connectivity index (χ1n) is 6.86. The standard InChI is InChI=1S/C14H16N.CHF3O3S/c1-3-8-14(9-4-1)10-7-13-15-11-5-2-6-12-15;2-1(3,4)8(5,6)7/h1,3-4,8-9,13H,2,5-6,11-12H2;(H,5,6,7)/q+1;/p-1. The maximum absolute atomic E-state index is 10.7. The van der Waals surface area contributed by atoms with E-state index >= 15 is 0 Å². The summed E-state index contributed by atoms with van der Waals surface area (Å²) in [6.07, 6.45) is 6.02. The highest BCUT2D eigenvalue weighted by Gasteiger charge is 2.36. The van der Waals surface area contributed by atoms with E-state index in [0.29, 0.717) is 0 Å². The topological polar surface area (TPSA) is 60.2 Å². The normalized spacial score (nSPS) is 14.9. The van der Waals surface area contributed by atoms with Gasteiger partial charge in [-0.05, 0) is 24.5 Å². The van der Waals surface area contributed by atoms with Crippen LogP contribution in [-0.4, -0.2) is 42.4 Å². The smallest absolute Gasteiger partial charge is 0.485 e. The summed E-state index contributed by atoms with van der Waals surface area (Å²) < 4.78 is 61.2. The van der Waals surface area contributed by atoms with Crippen LogP contribution in [0.4, 0.5) is 13.2 Å². The second-order valence-corrected chi connectivity index (χ2v) is 6.13. The lowest BCUT2D eigenvalue weighted by molar-refractivity contribution is -0.531. The molecule has 1 saturated heterocycles. The summed E-state index contributed by atoms with van der Waals surface area (Å²) in [5.74, 6) is 6.27. The van der Waals surface area contributed by atoms with Crippen LogP contribution in [0.25, 0.3) is 0 Å². The van der Waals surface area contributed by atoms with Gasteiger partial charge in [-0.1, -0.05) is 24.1 Å². The minimum atomic E-state index is -6.09. The highest BCUT2D eigenvalue weighted by atomic mass is 32.2. The molecule has 1 aliphatic heterocycles. The fraction of sp³-hybridized carbons (Fsp3) is 0.400. The van der Waals surface area contributed by atoms with Gasteiger partial charge in [0.15, 0.2) is 10.1 Å². The van der Waals surface area contributed by atoms with Crippen molar-refractivity contribution in [3.8, 4) is 11.8 Å². The van der Waals surface area contributed by atoms with Gasteiger partial charge in [-0.25, -0.2) is 13.0 Å². The predicted octanol–water partition coefficient (Wildman–Crippen LogP) is 2.36. The fourth-order valence-corrected chi connectivity index (χ4v) is 1.78. The van der Waals surface area contributed by atoms with Crippen LogP contribution in [0.3, 0.4) is 0 Å². The minimum Gasteiger partial charge on any atom is -0.741 e. The second-order valence-electron chi connectivity index (χ2n) is 4.76. The van der Waals surface area contributed by atoms with E-state index in [-0.39, 0.29) is 0 Å². The molecule has 1 aliphatic rings. The van der Waals surface area contributed by atoms with Crippen LogP contribution in [0, 0.1) is 11.8 Å². The van der Waals surface area contributed by atoms with Crippen molar-refractivity contribution in [3.63, 3.8) is 0 Å². The Balaban J connectivity index is 0.000000284. The summed E-state index contributed by atoms with van der Waals surface area (Å²) in [7, 11) is -6.09. The molecule has 1 heterocycles. The van der Waals surface area contributed by atoms with E-state index in [4.69, 9.17) is 13.0 Å². The van der Waals surface area contributed by atoms with Gasteiger partial charge in [0.05, 0.1) is 0 Å². The molecule has 8 heteroatoms. The predicted molar refractivity (Wildman–Crippen MR) is 79.0 cm³/mol. The molecule has 0 N–H and O–H groups in total. The summed E-state index contributed by atoms with van der Waals surface area (Å²) in [5, 5.41) is 0. The van der Waals surface area contributed by atoms with Gasteiger partial charge in [0.2, 0.25) is 6.21 Å². The van der Waals surface area contributed by atoms with Crippen molar-refractivity contribution in [2.75, 3.05) is 13.1 Å². The number of alkyl halides is 3. The van der Waals surface area contributed by atoms with Crippen LogP contribution < -0.4 is 0 Å². The molecule has 0 atom stereocenters. The quantitative estimate of drug-likeness (QED) is 0.313. The van der Waals surface area contributed by atoms with Gasteiger partial charge >= 0.3 is 5.51 Å². The van der Waals surface area contributed by atoms with Crippen molar-refractivity contribution < 1.29 is 30.7 Å². The molecule has 4 nitrogen and oxygen atoms in total. The van der Waals surface area contributed by atoms with Crippen molar-refractivity contribution >= 4 is 16.3 Å². The lowest BCUT2D eigenvalue weighted by Crippen LogP contribution is -2.21. The second kappa shape index (κ2) is 8.70. The van der Waals surface area contributed by atoms with Gasteiger partial charge in [0, 0.05) is 18.4 Å². The Hall–Kier alpha value is -1.85. The van der Waals surface area contributed by atoms with Gasteiger partial charge < -0.3 is 4.55 Å². The highest BCUT2D eigenvalue weighted by molar-refractivity contribution is 7.86. The minimum absolute atomic E-state index is 1.09. The van der Waals surface area contributed by atoms with E-state index in [0.717, 1.165) is 5.56 Å². The monoisotopic (exact) mass is 347 g/mol. The van der Waals surface area contributed by atoms with Crippen LogP contribution in [0.5, 0.6) is 0 Å². The number of piperidine rings is 1. The third-order valence-corrected chi connectivity index (χ3v) is 3.48. The molecule has 0 bridgehead atoms. The molecular formula is C15H16F3NO3S. The number of halogens is 3. The number of nitrogens with zero attached hydrogens (tertiary/aromatic N) is 1. The average Bonchev–Trinajstić information content (AvgIpc) is 2.48. The first-order chi connectivity index (χ1) is 10.7. The fourth-order valence-electron chi connectivity index (χ4n) is 1.78. The van der Waals surface area contributed by atoms with E-state index in [9.17, 15) is 13.2 Å². The van der Waals surface area contributed by atoms with Crippen LogP contribution in [0.15, 0.2) is 30.3 Å². The number of benzene rings is 1. The summed E-state index contributed by atoms with van der Waals surface area (Å²) in [6.45, 7) is 2.34. The van der Waals surface area contributed by atoms with Crippen molar-refractivity contribution in [2.24, 2.45) is 0 Å². The van der Waals surface area contributed by atoms with Crippen molar-refractivity contribution in [1.82, 2.24) is 0 Å². The molecule has 0 unspecified atom stereocenters. The molecule has 2 rings (SSSR count). The van der Waals surface area contributed by atoms with Crippen LogP contribution in [0.1, 0.15) is 24.8 Å². The average molecular weight is 347 g/mol. The molecule has 0 spiro atoms. The van der Waals surface area contributed by atoms with Gasteiger partial charge in [0.25, 0.3) is 0 Å². The first-order valence-corrected chi connectivity index (χ1v) is 8.27. The van der Waals surface area contributed by atoms with E-state index in [1.165, 1.54) is 32.4 Å². The van der Waals surface area contributed by atoms with E-state index in [1.54, 1.807) is 0 Å². The number of rotatable bonds is 0. The molecule has 126 valence electrons. The van der Waals surface area contributed by atoms with E-state index in [1.807, 2.05) is 36.5 Å². The van der Waals surface area contributed by atoms with Gasteiger partial charge in [-0.15, -0.1) is 0 Å². The molecule has 0 radical (unpaired) electrons. The molecule has 23 heavy (non-hydrogen) atoms. The van der Waals surface area contributed by atoms with E-state index < -0.39 is 15.6 Å². The van der Waals surface area contributed by atoms with Gasteiger partial charge in [0.1, 0.15) is 13.1 Å². The third-order valence-electron chi connectivity index (χ3n) is 2.91. The Bertz CT molecular complexity index is 678. The van der Waals surface area contributed by atoms with Crippen molar-refractivity contribution in [2.45, 2.75) is 24.8 Å². The molecule has 1 aromatic rings. The Kier molecular flexibility index (Phi) is 7.26. The maximum Gasteiger partial charge on any atom is 0.485 e. The zero-order valence-corrected chi connectivity index (χ0v) is 13.0. The van der Waals surface area contributed by atoms with Gasteiger partial charge in [-0.2, -0.15) is 13.2 Å². The van der Waals surface area contributed by atoms with Crippen LogP contribution >= 0.6 is 0 Å². The molecule has 1 fully saturated rings. The lowest BCUT2D eigenvalue weighted by atomic mass is 10.2. The maximum atomic E-state index is 10.7. The van der Waals surface area contributed by atoms with Crippen molar-refractivity contribution in [1.29, 1.82) is 0 Å². The number of hydrogen-bond donors (Lipinski definition) is 0. The zero-order chi connectivity index (χ0) is 17.3. The van der Waals surface area contributed by atoms with Crippen LogP contribution in [-0.2, 0) is 10.1 Å². The van der Waals surface area contributed by atoms with E-state index in [2.05, 4.69) is 16.4 Å². The molecule has 1 aromatic carbocycles. The number of hydrogen-bond acceptors (Lipinski definition) is 3. The first kappa shape index (κ1) is 19.2. The summed E-state index contributed by atoms with van der Waals surface area (Å²) >= 11 is 0. The molecule has 0 aliphatic carbocycles. The summed E-state index contributed by atoms with van der Waals surface area (Å²) in [6, 6.07) is 10.1. The lowest BCUT2D eigenvalue weighted by Gasteiger charge is -2.08. The molecule has 0 amide bonds. The Labute approximate surface area is 133 Å². The summed E-state index contributed by atoms with van der Waals surface area (Å²) in [4.78, 5) is 0. The van der Waals surface area contributed by atoms with Gasteiger partial charge in [-0.3, -0.25) is 0 Å². The zero-order valence-electron chi connectivity index (χ0n) is 12.2. The Morgan fingerprint density at radius 2 is 1.61 bits per heavy atom. The summed E-state index contributed by atoms with van der Waals surface area (Å²) in [5.41, 5.74) is -4.56. The molecule has 0 saturated carbocycles. The largest absolute Gasteiger partial charge is 0.741 e. The Morgan fingerprint density at radius 3 is 2.09 bits per heavy atom. The Morgan fingerprint density at radius 1 is 1.09 bits per heavy atom. The van der Waals surface area contributed by atoms with Crippen molar-refractivity contribution in [3.05, 3.63) is 35.9 Å².